The molecule has 0 spiro atoms. The average Bonchev–Trinajstić information content (AvgIpc) is 2.04. The van der Waals surface area contributed by atoms with Crippen LogP contribution in [0.5, 0.6) is 0 Å². The van der Waals surface area contributed by atoms with Crippen LogP contribution in [0.25, 0.3) is 0 Å². The molecule has 1 atom stereocenters. The number of hydrogen-bond donors (Lipinski definition) is 2. The summed E-state index contributed by atoms with van der Waals surface area (Å²) < 4.78 is 5.38. The van der Waals surface area contributed by atoms with Crippen LogP contribution in [0, 0.1) is 5.92 Å². The van der Waals surface area contributed by atoms with Gasteiger partial charge in [0.15, 0.2) is 0 Å². The van der Waals surface area contributed by atoms with Gasteiger partial charge in [0.05, 0.1) is 6.10 Å². The Morgan fingerprint density at radius 3 is 2.62 bits per heavy atom. The Bertz CT molecular complexity index is 112. The van der Waals surface area contributed by atoms with Crippen molar-refractivity contribution in [1.29, 1.82) is 0 Å². The topological polar surface area (TPSA) is 47.3 Å². The summed E-state index contributed by atoms with van der Waals surface area (Å²) in [6, 6.07) is 0. The molecule has 0 aromatic heterocycles. The van der Waals surface area contributed by atoms with Crippen molar-refractivity contribution >= 4 is 12.0 Å². The van der Waals surface area contributed by atoms with Gasteiger partial charge >= 0.3 is 0 Å². The van der Waals surface area contributed by atoms with E-state index >= 15 is 0 Å². The highest BCUT2D eigenvalue weighted by Crippen LogP contribution is 2.11. The summed E-state index contributed by atoms with van der Waals surface area (Å²) in [7, 11) is 0. The molecule has 3 nitrogen and oxygen atoms in total. The summed E-state index contributed by atoms with van der Waals surface area (Å²) in [5, 5.41) is 3.28. The van der Waals surface area contributed by atoms with Gasteiger partial charge in [-0.05, 0) is 38.4 Å². The Labute approximate surface area is 86.0 Å². The molecule has 0 aliphatic heterocycles. The van der Waals surface area contributed by atoms with Crippen LogP contribution >= 0.6 is 12.0 Å². The summed E-state index contributed by atoms with van der Waals surface area (Å²) in [5.41, 5.74) is 5.36. The van der Waals surface area contributed by atoms with Crippen LogP contribution in [-0.4, -0.2) is 31.5 Å². The fourth-order valence-corrected chi connectivity index (χ4v) is 1.50. The van der Waals surface area contributed by atoms with Gasteiger partial charge in [0.2, 0.25) is 0 Å². The van der Waals surface area contributed by atoms with E-state index in [4.69, 9.17) is 9.92 Å². The lowest BCUT2D eigenvalue weighted by atomic mass is 10.2. The maximum Gasteiger partial charge on any atom is 0.0666 e. The molecule has 0 aromatic carbocycles. The van der Waals surface area contributed by atoms with E-state index in [9.17, 15) is 0 Å². The maximum absolute atomic E-state index is 5.38. The summed E-state index contributed by atoms with van der Waals surface area (Å²) in [5.74, 6) is 1.67. The van der Waals surface area contributed by atoms with Crippen molar-refractivity contribution in [2.45, 2.75) is 26.9 Å². The van der Waals surface area contributed by atoms with Crippen molar-refractivity contribution < 1.29 is 4.18 Å². The van der Waals surface area contributed by atoms with Gasteiger partial charge < -0.3 is 15.2 Å². The van der Waals surface area contributed by atoms with E-state index in [-0.39, 0.29) is 0 Å². The number of nitrogens with two attached hydrogens (primary N) is 1. The van der Waals surface area contributed by atoms with Crippen LogP contribution in [0.3, 0.4) is 0 Å². The third-order valence-electron chi connectivity index (χ3n) is 1.43. The smallest absolute Gasteiger partial charge is 0.0666 e. The van der Waals surface area contributed by atoms with Crippen molar-refractivity contribution in [1.82, 2.24) is 5.32 Å². The zero-order valence-electron chi connectivity index (χ0n) is 8.88. The standard InChI is InChI=1S/C9H22N2OS/c1-8(2)12-13-7-9(3)6-11-5-4-10/h8-9,11H,4-7,10H2,1-3H3. The molecular weight excluding hydrogens is 184 g/mol. The molecule has 0 bridgehead atoms. The normalized spacial score (nSPS) is 13.6. The molecule has 0 saturated heterocycles. The predicted octanol–water partition coefficient (Wildman–Crippen LogP) is 1.24. The van der Waals surface area contributed by atoms with Crippen molar-refractivity contribution in [3.8, 4) is 0 Å². The molecule has 4 heteroatoms. The molecule has 13 heavy (non-hydrogen) atoms. The van der Waals surface area contributed by atoms with E-state index in [1.807, 2.05) is 13.8 Å². The number of nitrogens with one attached hydrogen (secondary N) is 1. The number of rotatable bonds is 8. The van der Waals surface area contributed by atoms with E-state index in [1.165, 1.54) is 0 Å². The zero-order valence-corrected chi connectivity index (χ0v) is 9.69. The van der Waals surface area contributed by atoms with E-state index in [2.05, 4.69) is 12.2 Å². The lowest BCUT2D eigenvalue weighted by Crippen LogP contribution is -2.27. The Hall–Kier alpha value is 0.230. The second-order valence-electron chi connectivity index (χ2n) is 3.53. The Balaban J connectivity index is 3.15. The fraction of sp³-hybridized carbons (Fsp3) is 1.00. The van der Waals surface area contributed by atoms with Crippen molar-refractivity contribution in [2.24, 2.45) is 11.7 Å². The van der Waals surface area contributed by atoms with Gasteiger partial charge in [0.25, 0.3) is 0 Å². The van der Waals surface area contributed by atoms with Gasteiger partial charge in [-0.25, -0.2) is 0 Å². The largest absolute Gasteiger partial charge is 0.329 e. The minimum Gasteiger partial charge on any atom is -0.329 e. The molecule has 0 heterocycles. The highest BCUT2D eigenvalue weighted by Gasteiger charge is 2.02. The first-order valence-electron chi connectivity index (χ1n) is 4.85. The summed E-state index contributed by atoms with van der Waals surface area (Å²) in [6.07, 6.45) is 0.314. The first kappa shape index (κ1) is 13.2. The van der Waals surface area contributed by atoms with Crippen LogP contribution in [0.2, 0.25) is 0 Å². The molecule has 0 aliphatic rings. The van der Waals surface area contributed by atoms with Crippen LogP contribution in [-0.2, 0) is 4.18 Å². The Morgan fingerprint density at radius 2 is 2.08 bits per heavy atom. The number of hydrogen-bond acceptors (Lipinski definition) is 4. The van der Waals surface area contributed by atoms with Gasteiger partial charge in [0.1, 0.15) is 0 Å². The zero-order chi connectivity index (χ0) is 10.1. The van der Waals surface area contributed by atoms with Crippen LogP contribution in [0.15, 0.2) is 0 Å². The minimum atomic E-state index is 0.314. The lowest BCUT2D eigenvalue weighted by molar-refractivity contribution is 0.288. The van der Waals surface area contributed by atoms with Gasteiger partial charge in [-0.3, -0.25) is 0 Å². The molecule has 0 saturated carbocycles. The van der Waals surface area contributed by atoms with Gasteiger partial charge in [-0.1, -0.05) is 6.92 Å². The third kappa shape index (κ3) is 10.1. The molecule has 1 unspecified atom stereocenters. The molecule has 80 valence electrons. The highest BCUT2D eigenvalue weighted by atomic mass is 32.2. The molecule has 0 radical (unpaired) electrons. The highest BCUT2D eigenvalue weighted by molar-refractivity contribution is 7.94. The van der Waals surface area contributed by atoms with Crippen molar-refractivity contribution in [2.75, 3.05) is 25.4 Å². The molecular formula is C9H22N2OS. The quantitative estimate of drug-likeness (QED) is 0.463. The predicted molar refractivity (Wildman–Crippen MR) is 59.8 cm³/mol. The van der Waals surface area contributed by atoms with E-state index in [0.29, 0.717) is 18.6 Å². The minimum absolute atomic E-state index is 0.314. The molecule has 0 fully saturated rings. The summed E-state index contributed by atoms with van der Waals surface area (Å²) in [6.45, 7) is 8.93. The van der Waals surface area contributed by atoms with Gasteiger partial charge in [-0.15, -0.1) is 0 Å². The van der Waals surface area contributed by atoms with Crippen molar-refractivity contribution in [3.05, 3.63) is 0 Å². The van der Waals surface area contributed by atoms with Crippen LogP contribution < -0.4 is 11.1 Å². The molecule has 0 aliphatic carbocycles. The summed E-state index contributed by atoms with van der Waals surface area (Å²) in [4.78, 5) is 0. The SMILES string of the molecule is CC(CNCCN)CSOC(C)C. The van der Waals surface area contributed by atoms with Gasteiger partial charge in [-0.2, -0.15) is 0 Å². The second-order valence-corrected chi connectivity index (χ2v) is 4.29. The summed E-state index contributed by atoms with van der Waals surface area (Å²) >= 11 is 1.56. The molecule has 0 aromatic rings. The first-order chi connectivity index (χ1) is 6.16. The lowest BCUT2D eigenvalue weighted by Gasteiger charge is -2.12. The maximum atomic E-state index is 5.38. The van der Waals surface area contributed by atoms with Crippen molar-refractivity contribution in [3.63, 3.8) is 0 Å². The third-order valence-corrected chi connectivity index (χ3v) is 2.65. The van der Waals surface area contributed by atoms with Crippen LogP contribution in [0.1, 0.15) is 20.8 Å². The van der Waals surface area contributed by atoms with E-state index in [0.717, 1.165) is 18.8 Å². The molecule has 0 rings (SSSR count). The first-order valence-corrected chi connectivity index (χ1v) is 5.77. The fourth-order valence-electron chi connectivity index (χ4n) is 0.801. The molecule has 0 amide bonds. The van der Waals surface area contributed by atoms with Crippen LogP contribution in [0.4, 0.5) is 0 Å². The molecule has 3 N–H and O–H groups in total. The monoisotopic (exact) mass is 206 g/mol. The Morgan fingerprint density at radius 1 is 1.38 bits per heavy atom. The van der Waals surface area contributed by atoms with E-state index < -0.39 is 0 Å². The second kappa shape index (κ2) is 8.81. The Kier molecular flexibility index (Phi) is 8.97. The average molecular weight is 206 g/mol. The van der Waals surface area contributed by atoms with E-state index in [1.54, 1.807) is 12.0 Å². The van der Waals surface area contributed by atoms with Gasteiger partial charge in [0, 0.05) is 18.8 Å².